The summed E-state index contributed by atoms with van der Waals surface area (Å²) in [4.78, 5) is 10.7. The number of ether oxygens (including phenoxy) is 1. The lowest BCUT2D eigenvalue weighted by atomic mass is 9.98. The van der Waals surface area contributed by atoms with Crippen LogP contribution in [0.15, 0.2) is 0 Å². The van der Waals surface area contributed by atoms with Gasteiger partial charge in [-0.25, -0.2) is 4.79 Å². The van der Waals surface area contributed by atoms with Crippen molar-refractivity contribution in [2.75, 3.05) is 7.11 Å². The normalized spacial score (nSPS) is 16.1. The van der Waals surface area contributed by atoms with Crippen molar-refractivity contribution in [2.45, 2.75) is 42.5 Å². The third kappa shape index (κ3) is 4.52. The summed E-state index contributed by atoms with van der Waals surface area (Å²) in [5.74, 6) is -4.82. The highest BCUT2D eigenvalue weighted by molar-refractivity contribution is 14.1. The van der Waals surface area contributed by atoms with Gasteiger partial charge in [0, 0.05) is 9.84 Å². The highest BCUT2D eigenvalue weighted by Crippen LogP contribution is 2.36. The Kier molecular flexibility index (Phi) is 5.25. The Labute approximate surface area is 96.5 Å². The molecule has 14 heavy (non-hydrogen) atoms. The minimum Gasteiger partial charge on any atom is -0.465 e. The summed E-state index contributed by atoms with van der Waals surface area (Å²) in [6.45, 7) is 3.64. The van der Waals surface area contributed by atoms with Gasteiger partial charge in [-0.15, -0.1) is 0 Å². The quantitative estimate of drug-likeness (QED) is 0.442. The number of rotatable bonds is 5. The summed E-state index contributed by atoms with van der Waals surface area (Å²) in [6, 6.07) is 0. The van der Waals surface area contributed by atoms with Crippen LogP contribution in [0.2, 0.25) is 0 Å². The fraction of sp³-hybridized carbons (Fsp3) is 0.889. The zero-order chi connectivity index (χ0) is 11.4. The fourth-order valence-electron chi connectivity index (χ4n) is 1.29. The Morgan fingerprint density at radius 3 is 2.36 bits per heavy atom. The molecule has 0 amide bonds. The molecule has 2 nitrogen and oxygen atoms in total. The smallest absolute Gasteiger partial charge is 0.376 e. The van der Waals surface area contributed by atoms with Crippen LogP contribution in [0.1, 0.15) is 33.1 Å². The van der Waals surface area contributed by atoms with E-state index in [0.717, 1.165) is 13.5 Å². The molecule has 1 atom stereocenters. The molecule has 0 heterocycles. The minimum absolute atomic E-state index is 0.471. The van der Waals surface area contributed by atoms with Gasteiger partial charge in [-0.2, -0.15) is 8.78 Å². The van der Waals surface area contributed by atoms with Gasteiger partial charge in [0.25, 0.3) is 0 Å². The topological polar surface area (TPSA) is 26.3 Å². The fourth-order valence-corrected chi connectivity index (χ4v) is 2.31. The van der Waals surface area contributed by atoms with Crippen molar-refractivity contribution < 1.29 is 18.3 Å². The molecule has 0 N–H and O–H groups in total. The van der Waals surface area contributed by atoms with Crippen molar-refractivity contribution in [3.63, 3.8) is 0 Å². The summed E-state index contributed by atoms with van der Waals surface area (Å²) >= 11 is 1.96. The third-order valence-corrected chi connectivity index (χ3v) is 2.77. The van der Waals surface area contributed by atoms with E-state index in [-0.39, 0.29) is 0 Å². The van der Waals surface area contributed by atoms with Gasteiger partial charge < -0.3 is 4.74 Å². The van der Waals surface area contributed by atoms with Crippen molar-refractivity contribution in [1.82, 2.24) is 0 Å². The van der Waals surface area contributed by atoms with Gasteiger partial charge in [0.2, 0.25) is 0 Å². The second-order valence-corrected chi connectivity index (χ2v) is 6.14. The van der Waals surface area contributed by atoms with E-state index in [1.807, 2.05) is 29.5 Å². The average Bonchev–Trinajstić information content (AvgIpc) is 2.00. The van der Waals surface area contributed by atoms with Gasteiger partial charge >= 0.3 is 11.9 Å². The summed E-state index contributed by atoms with van der Waals surface area (Å²) in [5.41, 5.74) is 0. The molecule has 0 fully saturated rings. The van der Waals surface area contributed by atoms with Crippen LogP contribution in [0, 0.1) is 0 Å². The maximum absolute atomic E-state index is 13.2. The molecule has 0 aliphatic carbocycles. The SMILES string of the molecule is CCCC(C)(I)CC(F)(F)C(=O)OC. The monoisotopic (exact) mass is 320 g/mol. The van der Waals surface area contributed by atoms with Gasteiger partial charge in [-0.05, 0) is 6.42 Å². The zero-order valence-corrected chi connectivity index (χ0v) is 10.7. The number of halogens is 3. The highest BCUT2D eigenvalue weighted by atomic mass is 127. The van der Waals surface area contributed by atoms with Crippen LogP contribution in [0.4, 0.5) is 8.78 Å². The molecule has 0 aromatic rings. The first kappa shape index (κ1) is 14.1. The second kappa shape index (κ2) is 5.23. The van der Waals surface area contributed by atoms with E-state index in [2.05, 4.69) is 4.74 Å². The number of alkyl halides is 3. The van der Waals surface area contributed by atoms with E-state index >= 15 is 0 Å². The lowest BCUT2D eigenvalue weighted by Gasteiger charge is -2.25. The summed E-state index contributed by atoms with van der Waals surface area (Å²) in [7, 11) is 0.973. The van der Waals surface area contributed by atoms with Crippen LogP contribution in [0.3, 0.4) is 0 Å². The van der Waals surface area contributed by atoms with E-state index in [0.29, 0.717) is 6.42 Å². The highest BCUT2D eigenvalue weighted by Gasteiger charge is 2.45. The molecule has 0 saturated carbocycles. The lowest BCUT2D eigenvalue weighted by Crippen LogP contribution is -2.36. The first-order chi connectivity index (χ1) is 6.25. The standard InChI is InChI=1S/C9H15F2IO2/c1-4-5-8(2,12)6-9(10,11)7(13)14-3/h4-6H2,1-3H3. The predicted molar refractivity (Wildman–Crippen MR) is 58.9 cm³/mol. The van der Waals surface area contributed by atoms with Crippen molar-refractivity contribution in [1.29, 1.82) is 0 Å². The molecule has 0 radical (unpaired) electrons. The number of carbonyl (C=O) groups is 1. The number of methoxy groups -OCH3 is 1. The minimum atomic E-state index is -3.38. The molecular weight excluding hydrogens is 305 g/mol. The Hall–Kier alpha value is 0.0600. The van der Waals surface area contributed by atoms with Crippen LogP contribution >= 0.6 is 22.6 Å². The summed E-state index contributed by atoms with van der Waals surface area (Å²) in [6.07, 6.45) is 0.998. The molecule has 0 aliphatic heterocycles. The first-order valence-corrected chi connectivity index (χ1v) is 5.48. The molecule has 0 rings (SSSR count). The van der Waals surface area contributed by atoms with Crippen LogP contribution in [-0.4, -0.2) is 22.4 Å². The van der Waals surface area contributed by atoms with Gasteiger partial charge in [-0.1, -0.05) is 42.9 Å². The predicted octanol–water partition coefficient (Wildman–Crippen LogP) is 3.18. The number of hydrogen-bond donors (Lipinski definition) is 0. The third-order valence-electron chi connectivity index (χ3n) is 1.85. The molecule has 0 aliphatic rings. The van der Waals surface area contributed by atoms with Crippen molar-refractivity contribution in [3.05, 3.63) is 0 Å². The van der Waals surface area contributed by atoms with Crippen molar-refractivity contribution in [2.24, 2.45) is 0 Å². The lowest BCUT2D eigenvalue weighted by molar-refractivity contribution is -0.170. The van der Waals surface area contributed by atoms with E-state index in [4.69, 9.17) is 0 Å². The van der Waals surface area contributed by atoms with E-state index < -0.39 is 21.7 Å². The largest absolute Gasteiger partial charge is 0.465 e. The van der Waals surface area contributed by atoms with Gasteiger partial charge in [-0.3, -0.25) is 0 Å². The molecule has 0 spiro atoms. The van der Waals surface area contributed by atoms with Gasteiger partial charge in [0.15, 0.2) is 0 Å². The molecule has 5 heteroatoms. The zero-order valence-electron chi connectivity index (χ0n) is 8.57. The van der Waals surface area contributed by atoms with Crippen LogP contribution in [0.5, 0.6) is 0 Å². The molecule has 0 aromatic carbocycles. The Bertz CT molecular complexity index is 205. The maximum atomic E-state index is 13.2. The summed E-state index contributed by atoms with van der Waals surface area (Å²) < 4.78 is 29.8. The Morgan fingerprint density at radius 1 is 1.50 bits per heavy atom. The number of hydrogen-bond acceptors (Lipinski definition) is 2. The Balaban J connectivity index is 4.41. The molecule has 84 valence electrons. The van der Waals surface area contributed by atoms with Gasteiger partial charge in [0.1, 0.15) is 0 Å². The second-order valence-electron chi connectivity index (χ2n) is 3.54. The van der Waals surface area contributed by atoms with E-state index in [1.165, 1.54) is 0 Å². The van der Waals surface area contributed by atoms with E-state index in [1.54, 1.807) is 6.92 Å². The number of carbonyl (C=O) groups excluding carboxylic acids is 1. The summed E-state index contributed by atoms with van der Waals surface area (Å²) in [5, 5.41) is 0. The van der Waals surface area contributed by atoms with Gasteiger partial charge in [0.05, 0.1) is 7.11 Å². The molecule has 0 aromatic heterocycles. The van der Waals surface area contributed by atoms with E-state index in [9.17, 15) is 13.6 Å². The average molecular weight is 320 g/mol. The van der Waals surface area contributed by atoms with Crippen LogP contribution in [0.25, 0.3) is 0 Å². The molecule has 1 unspecified atom stereocenters. The molecule has 0 bridgehead atoms. The molecule has 0 saturated heterocycles. The van der Waals surface area contributed by atoms with Crippen molar-refractivity contribution in [3.8, 4) is 0 Å². The van der Waals surface area contributed by atoms with Crippen LogP contribution in [-0.2, 0) is 9.53 Å². The van der Waals surface area contributed by atoms with Crippen LogP contribution < -0.4 is 0 Å². The molecular formula is C9H15F2IO2. The maximum Gasteiger partial charge on any atom is 0.376 e. The number of esters is 1. The Morgan fingerprint density at radius 2 is 2.00 bits per heavy atom. The van der Waals surface area contributed by atoms with Crippen molar-refractivity contribution >= 4 is 28.6 Å². The first-order valence-electron chi connectivity index (χ1n) is 4.40.